The van der Waals surface area contributed by atoms with Gasteiger partial charge in [0.2, 0.25) is 0 Å². The number of hydrogen-bond acceptors (Lipinski definition) is 3. The van der Waals surface area contributed by atoms with Crippen LogP contribution in [0.15, 0.2) is 29.3 Å². The summed E-state index contributed by atoms with van der Waals surface area (Å²) in [5, 5.41) is 6.83. The summed E-state index contributed by atoms with van der Waals surface area (Å²) in [4.78, 5) is 4.69. The van der Waals surface area contributed by atoms with Gasteiger partial charge in [0.1, 0.15) is 0 Å². The van der Waals surface area contributed by atoms with Crippen molar-refractivity contribution in [3.63, 3.8) is 0 Å². The fourth-order valence-electron chi connectivity index (χ4n) is 3.20. The number of aryl methyl sites for hydroxylation is 1. The molecule has 1 aliphatic heterocycles. The van der Waals surface area contributed by atoms with Crippen molar-refractivity contribution in [1.82, 2.24) is 10.6 Å². The molecule has 2 rings (SSSR count). The van der Waals surface area contributed by atoms with E-state index in [0.717, 1.165) is 64.7 Å². The minimum absolute atomic E-state index is 0. The first kappa shape index (κ1) is 24.2. The monoisotopic (exact) mass is 489 g/mol. The summed E-state index contributed by atoms with van der Waals surface area (Å²) in [6.07, 6.45) is 3.20. The Balaban J connectivity index is 0.00000364. The molecule has 0 radical (unpaired) electrons. The summed E-state index contributed by atoms with van der Waals surface area (Å²) in [6.45, 7) is 11.4. The third kappa shape index (κ3) is 9.25. The standard InChI is InChI=1S/C21H35N3O2.HI/c1-4-22-21(24-18(3)20-9-6-5-8-17(20)2)23-12-7-13-26-16-19-10-14-25-15-11-19;/h5-6,8-9,18-19H,4,7,10-16H2,1-3H3,(H2,22,23,24);1H. The molecule has 6 heteroatoms. The first-order valence-corrected chi connectivity index (χ1v) is 9.96. The van der Waals surface area contributed by atoms with Gasteiger partial charge < -0.3 is 20.1 Å². The van der Waals surface area contributed by atoms with Gasteiger partial charge >= 0.3 is 0 Å². The van der Waals surface area contributed by atoms with E-state index < -0.39 is 0 Å². The molecule has 1 unspecified atom stereocenters. The van der Waals surface area contributed by atoms with Crippen LogP contribution in [0.3, 0.4) is 0 Å². The molecule has 0 amide bonds. The van der Waals surface area contributed by atoms with Crippen molar-refractivity contribution in [2.45, 2.75) is 46.1 Å². The quantitative estimate of drug-likeness (QED) is 0.238. The summed E-state index contributed by atoms with van der Waals surface area (Å²) in [6, 6.07) is 8.69. The van der Waals surface area contributed by atoms with E-state index in [4.69, 9.17) is 9.47 Å². The maximum Gasteiger partial charge on any atom is 0.191 e. The average Bonchev–Trinajstić information content (AvgIpc) is 2.65. The van der Waals surface area contributed by atoms with Crippen LogP contribution in [-0.4, -0.2) is 45.5 Å². The van der Waals surface area contributed by atoms with Crippen LogP contribution in [0.2, 0.25) is 0 Å². The zero-order valence-corrected chi connectivity index (χ0v) is 19.3. The van der Waals surface area contributed by atoms with Crippen molar-refractivity contribution in [3.05, 3.63) is 35.4 Å². The lowest BCUT2D eigenvalue weighted by Gasteiger charge is -2.21. The first-order chi connectivity index (χ1) is 12.7. The van der Waals surface area contributed by atoms with Gasteiger partial charge in [0.15, 0.2) is 5.96 Å². The maximum absolute atomic E-state index is 5.82. The van der Waals surface area contributed by atoms with E-state index in [-0.39, 0.29) is 30.0 Å². The highest BCUT2D eigenvalue weighted by molar-refractivity contribution is 14.0. The number of benzene rings is 1. The Morgan fingerprint density at radius 2 is 2.04 bits per heavy atom. The highest BCUT2D eigenvalue weighted by atomic mass is 127. The predicted octanol–water partition coefficient (Wildman–Crippen LogP) is 4.06. The summed E-state index contributed by atoms with van der Waals surface area (Å²) < 4.78 is 11.2. The van der Waals surface area contributed by atoms with Crippen LogP contribution >= 0.6 is 24.0 Å². The van der Waals surface area contributed by atoms with Crippen LogP contribution in [0.25, 0.3) is 0 Å². The van der Waals surface area contributed by atoms with Gasteiger partial charge in [-0.15, -0.1) is 24.0 Å². The van der Waals surface area contributed by atoms with Crippen LogP contribution in [0, 0.1) is 12.8 Å². The van der Waals surface area contributed by atoms with Crippen LogP contribution in [0.4, 0.5) is 0 Å². The first-order valence-electron chi connectivity index (χ1n) is 9.96. The van der Waals surface area contributed by atoms with E-state index in [0.29, 0.717) is 5.92 Å². The van der Waals surface area contributed by atoms with Crippen molar-refractivity contribution in [1.29, 1.82) is 0 Å². The van der Waals surface area contributed by atoms with Crippen molar-refractivity contribution in [3.8, 4) is 0 Å². The number of halogens is 1. The van der Waals surface area contributed by atoms with Crippen LogP contribution < -0.4 is 10.6 Å². The zero-order valence-electron chi connectivity index (χ0n) is 17.0. The number of nitrogens with one attached hydrogen (secondary N) is 2. The fourth-order valence-corrected chi connectivity index (χ4v) is 3.20. The molecule has 154 valence electrons. The molecule has 1 aromatic carbocycles. The van der Waals surface area contributed by atoms with Crippen molar-refractivity contribution in [2.24, 2.45) is 10.9 Å². The molecule has 1 aromatic rings. The minimum Gasteiger partial charge on any atom is -0.381 e. The summed E-state index contributed by atoms with van der Waals surface area (Å²) in [5.41, 5.74) is 2.60. The van der Waals surface area contributed by atoms with E-state index in [1.165, 1.54) is 11.1 Å². The molecular weight excluding hydrogens is 453 g/mol. The van der Waals surface area contributed by atoms with Gasteiger partial charge in [-0.05, 0) is 57.1 Å². The Hall–Kier alpha value is -0.860. The normalized spacial score (nSPS) is 16.5. The van der Waals surface area contributed by atoms with Crippen molar-refractivity contribution < 1.29 is 9.47 Å². The Morgan fingerprint density at radius 3 is 2.74 bits per heavy atom. The van der Waals surface area contributed by atoms with Gasteiger partial charge in [0.05, 0.1) is 6.04 Å². The lowest BCUT2D eigenvalue weighted by molar-refractivity contribution is 0.0205. The van der Waals surface area contributed by atoms with Gasteiger partial charge in [-0.2, -0.15) is 0 Å². The molecule has 1 heterocycles. The minimum atomic E-state index is 0. The molecule has 0 spiro atoms. The summed E-state index contributed by atoms with van der Waals surface area (Å²) in [7, 11) is 0. The smallest absolute Gasteiger partial charge is 0.191 e. The second-order valence-electron chi connectivity index (χ2n) is 6.97. The highest BCUT2D eigenvalue weighted by Crippen LogP contribution is 2.16. The van der Waals surface area contributed by atoms with Crippen LogP contribution in [-0.2, 0) is 9.47 Å². The van der Waals surface area contributed by atoms with Crippen molar-refractivity contribution in [2.75, 3.05) is 39.5 Å². The molecule has 1 aliphatic rings. The predicted molar refractivity (Wildman–Crippen MR) is 123 cm³/mol. The van der Waals surface area contributed by atoms with Crippen LogP contribution in [0.1, 0.15) is 50.3 Å². The number of ether oxygens (including phenoxy) is 2. The van der Waals surface area contributed by atoms with Gasteiger partial charge in [-0.1, -0.05) is 24.3 Å². The van der Waals surface area contributed by atoms with E-state index in [2.05, 4.69) is 60.7 Å². The lowest BCUT2D eigenvalue weighted by Crippen LogP contribution is -2.39. The molecule has 0 bridgehead atoms. The van der Waals surface area contributed by atoms with Gasteiger partial charge in [0, 0.05) is 39.5 Å². The SMILES string of the molecule is CCNC(=NCCCOCC1CCOCC1)NC(C)c1ccccc1C.I. The molecule has 1 fully saturated rings. The molecular formula is C21H36IN3O2. The second kappa shape index (κ2) is 14.2. The molecule has 5 nitrogen and oxygen atoms in total. The third-order valence-electron chi connectivity index (χ3n) is 4.76. The molecule has 1 atom stereocenters. The number of rotatable bonds is 9. The van der Waals surface area contributed by atoms with E-state index in [1.54, 1.807) is 0 Å². The number of hydrogen-bond donors (Lipinski definition) is 2. The lowest BCUT2D eigenvalue weighted by atomic mass is 10.0. The molecule has 0 saturated carbocycles. The Morgan fingerprint density at radius 1 is 1.30 bits per heavy atom. The van der Waals surface area contributed by atoms with Crippen molar-refractivity contribution >= 4 is 29.9 Å². The molecule has 27 heavy (non-hydrogen) atoms. The second-order valence-corrected chi connectivity index (χ2v) is 6.97. The van der Waals surface area contributed by atoms with Crippen LogP contribution in [0.5, 0.6) is 0 Å². The molecule has 0 aliphatic carbocycles. The highest BCUT2D eigenvalue weighted by Gasteiger charge is 2.13. The number of aliphatic imine (C=N–C) groups is 1. The van der Waals surface area contributed by atoms with E-state index in [9.17, 15) is 0 Å². The largest absolute Gasteiger partial charge is 0.381 e. The van der Waals surface area contributed by atoms with Gasteiger partial charge in [-0.25, -0.2) is 0 Å². The third-order valence-corrected chi connectivity index (χ3v) is 4.76. The molecule has 2 N–H and O–H groups in total. The molecule has 0 aromatic heterocycles. The van der Waals surface area contributed by atoms with E-state index >= 15 is 0 Å². The van der Waals surface area contributed by atoms with E-state index in [1.807, 2.05) is 0 Å². The Kier molecular flexibility index (Phi) is 12.7. The summed E-state index contributed by atoms with van der Waals surface area (Å²) >= 11 is 0. The Labute approximate surface area is 181 Å². The average molecular weight is 489 g/mol. The maximum atomic E-state index is 5.82. The Bertz CT molecular complexity index is 548. The number of guanidine groups is 1. The zero-order chi connectivity index (χ0) is 18.6. The summed E-state index contributed by atoms with van der Waals surface area (Å²) in [5.74, 6) is 1.54. The van der Waals surface area contributed by atoms with Gasteiger partial charge in [-0.3, -0.25) is 4.99 Å². The van der Waals surface area contributed by atoms with Gasteiger partial charge in [0.25, 0.3) is 0 Å². The topological polar surface area (TPSA) is 54.9 Å². The number of nitrogens with zero attached hydrogens (tertiary/aromatic N) is 1. The molecule has 1 saturated heterocycles. The fraction of sp³-hybridized carbons (Fsp3) is 0.667.